The van der Waals surface area contributed by atoms with Crippen molar-refractivity contribution in [3.63, 3.8) is 0 Å². The zero-order chi connectivity index (χ0) is 13.1. The summed E-state index contributed by atoms with van der Waals surface area (Å²) < 4.78 is 12.8. The second-order valence-electron chi connectivity index (χ2n) is 4.17. The topological polar surface area (TPSA) is 25.8 Å². The molecule has 3 heteroatoms. The fraction of sp³-hybridized carbons (Fsp3) is 0. The molecule has 0 radical (unpaired) electrons. The number of hydrogen-bond acceptors (Lipinski definition) is 2. The van der Waals surface area contributed by atoms with Gasteiger partial charge in [0.1, 0.15) is 5.82 Å². The summed E-state index contributed by atoms with van der Waals surface area (Å²) in [5.41, 5.74) is 3.45. The van der Waals surface area contributed by atoms with Crippen LogP contribution in [-0.2, 0) is 0 Å². The Morgan fingerprint density at radius 3 is 2.37 bits per heavy atom. The van der Waals surface area contributed by atoms with Gasteiger partial charge in [0, 0.05) is 0 Å². The molecular formula is C16H11FN2. The van der Waals surface area contributed by atoms with Gasteiger partial charge in [0.2, 0.25) is 0 Å². The maximum absolute atomic E-state index is 12.8. The molecule has 2 aromatic carbocycles. The molecule has 0 fully saturated rings. The van der Waals surface area contributed by atoms with Crippen LogP contribution in [0.4, 0.5) is 4.39 Å². The van der Waals surface area contributed by atoms with Gasteiger partial charge in [-0.1, -0.05) is 30.3 Å². The summed E-state index contributed by atoms with van der Waals surface area (Å²) in [6.07, 6.45) is 5.48. The molecule has 1 aromatic heterocycles. The fourth-order valence-corrected chi connectivity index (χ4v) is 1.81. The van der Waals surface area contributed by atoms with E-state index in [1.807, 2.05) is 36.4 Å². The highest BCUT2D eigenvalue weighted by Gasteiger charge is 1.96. The average molecular weight is 250 g/mol. The van der Waals surface area contributed by atoms with Gasteiger partial charge in [-0.25, -0.2) is 9.37 Å². The second-order valence-corrected chi connectivity index (χ2v) is 4.17. The fourth-order valence-electron chi connectivity index (χ4n) is 1.81. The van der Waals surface area contributed by atoms with Crippen LogP contribution in [0.15, 0.2) is 54.7 Å². The third-order valence-corrected chi connectivity index (χ3v) is 2.78. The predicted molar refractivity (Wildman–Crippen MR) is 74.9 cm³/mol. The summed E-state index contributed by atoms with van der Waals surface area (Å²) in [5.74, 6) is -0.234. The van der Waals surface area contributed by atoms with Crippen LogP contribution in [0.2, 0.25) is 0 Å². The average Bonchev–Trinajstić information content (AvgIpc) is 2.46. The lowest BCUT2D eigenvalue weighted by atomic mass is 10.2. The van der Waals surface area contributed by atoms with Crippen LogP contribution in [0.5, 0.6) is 0 Å². The minimum absolute atomic E-state index is 0.234. The molecule has 0 aliphatic rings. The molecule has 0 spiro atoms. The van der Waals surface area contributed by atoms with Crippen LogP contribution >= 0.6 is 0 Å². The van der Waals surface area contributed by atoms with Gasteiger partial charge in [-0.15, -0.1) is 0 Å². The molecule has 0 bridgehead atoms. The van der Waals surface area contributed by atoms with Crippen molar-refractivity contribution in [2.24, 2.45) is 0 Å². The molecular weight excluding hydrogens is 239 g/mol. The molecule has 0 aliphatic carbocycles. The summed E-state index contributed by atoms with van der Waals surface area (Å²) in [6, 6.07) is 14.0. The minimum atomic E-state index is -0.234. The van der Waals surface area contributed by atoms with E-state index in [2.05, 4.69) is 9.97 Å². The van der Waals surface area contributed by atoms with Crippen molar-refractivity contribution in [3.05, 3.63) is 71.8 Å². The van der Waals surface area contributed by atoms with Crippen LogP contribution in [-0.4, -0.2) is 9.97 Å². The van der Waals surface area contributed by atoms with Gasteiger partial charge >= 0.3 is 0 Å². The first-order chi connectivity index (χ1) is 9.31. The Balaban J connectivity index is 1.90. The van der Waals surface area contributed by atoms with Gasteiger partial charge in [-0.05, 0) is 35.9 Å². The first-order valence-electron chi connectivity index (χ1n) is 5.97. The van der Waals surface area contributed by atoms with Crippen molar-refractivity contribution in [2.75, 3.05) is 0 Å². The highest BCUT2D eigenvalue weighted by molar-refractivity contribution is 5.76. The van der Waals surface area contributed by atoms with Gasteiger partial charge in [0.05, 0.1) is 22.9 Å². The molecule has 0 amide bonds. The summed E-state index contributed by atoms with van der Waals surface area (Å²) in [5, 5.41) is 0. The lowest BCUT2D eigenvalue weighted by Gasteiger charge is -1.97. The van der Waals surface area contributed by atoms with E-state index in [9.17, 15) is 4.39 Å². The Hall–Kier alpha value is -2.55. The van der Waals surface area contributed by atoms with E-state index >= 15 is 0 Å². The van der Waals surface area contributed by atoms with Gasteiger partial charge in [0.25, 0.3) is 0 Å². The molecule has 2 nitrogen and oxygen atoms in total. The number of nitrogens with zero attached hydrogens (tertiary/aromatic N) is 2. The maximum Gasteiger partial charge on any atom is 0.123 e. The maximum atomic E-state index is 12.8. The number of rotatable bonds is 2. The van der Waals surface area contributed by atoms with Crippen molar-refractivity contribution < 1.29 is 4.39 Å². The van der Waals surface area contributed by atoms with E-state index in [-0.39, 0.29) is 5.82 Å². The van der Waals surface area contributed by atoms with Gasteiger partial charge in [-0.3, -0.25) is 4.98 Å². The van der Waals surface area contributed by atoms with Crippen LogP contribution in [0.25, 0.3) is 23.2 Å². The zero-order valence-electron chi connectivity index (χ0n) is 10.1. The quantitative estimate of drug-likeness (QED) is 0.688. The predicted octanol–water partition coefficient (Wildman–Crippen LogP) is 3.94. The van der Waals surface area contributed by atoms with E-state index in [1.165, 1.54) is 12.1 Å². The molecule has 0 N–H and O–H groups in total. The largest absolute Gasteiger partial charge is 0.252 e. The van der Waals surface area contributed by atoms with E-state index < -0.39 is 0 Å². The SMILES string of the molecule is Fc1ccc(/C=C/c2cnc3ccccc3n2)cc1. The number of halogens is 1. The Bertz CT molecular complexity index is 733. The molecule has 92 valence electrons. The number of aromatic nitrogens is 2. The third-order valence-electron chi connectivity index (χ3n) is 2.78. The lowest BCUT2D eigenvalue weighted by molar-refractivity contribution is 0.628. The molecule has 19 heavy (non-hydrogen) atoms. The number of para-hydroxylation sites is 2. The molecule has 1 heterocycles. The zero-order valence-corrected chi connectivity index (χ0v) is 10.1. The monoisotopic (exact) mass is 250 g/mol. The Kier molecular flexibility index (Phi) is 3.02. The molecule has 0 unspecified atom stereocenters. The molecule has 0 atom stereocenters. The van der Waals surface area contributed by atoms with Gasteiger partial charge in [-0.2, -0.15) is 0 Å². The van der Waals surface area contributed by atoms with E-state index in [1.54, 1.807) is 18.3 Å². The van der Waals surface area contributed by atoms with Crippen LogP contribution in [0.3, 0.4) is 0 Å². The number of fused-ring (bicyclic) bond motifs is 1. The summed E-state index contributed by atoms with van der Waals surface area (Å²) in [7, 11) is 0. The molecule has 0 saturated heterocycles. The smallest absolute Gasteiger partial charge is 0.123 e. The van der Waals surface area contributed by atoms with Gasteiger partial charge < -0.3 is 0 Å². The standard InChI is InChI=1S/C16H11FN2/c17-13-8-5-12(6-9-13)7-10-14-11-18-15-3-1-2-4-16(15)19-14/h1-11H/b10-7+. The third kappa shape index (κ3) is 2.65. The molecule has 3 rings (SSSR count). The highest BCUT2D eigenvalue weighted by atomic mass is 19.1. The first kappa shape index (κ1) is 11.5. The summed E-state index contributed by atoms with van der Waals surface area (Å²) in [6.45, 7) is 0. The van der Waals surface area contributed by atoms with Gasteiger partial charge in [0.15, 0.2) is 0 Å². The first-order valence-corrected chi connectivity index (χ1v) is 5.97. The van der Waals surface area contributed by atoms with Crippen molar-refractivity contribution >= 4 is 23.2 Å². The minimum Gasteiger partial charge on any atom is -0.252 e. The Morgan fingerprint density at radius 2 is 1.58 bits per heavy atom. The van der Waals surface area contributed by atoms with E-state index in [4.69, 9.17) is 0 Å². The van der Waals surface area contributed by atoms with Crippen LogP contribution in [0, 0.1) is 5.82 Å². The van der Waals surface area contributed by atoms with E-state index in [0.29, 0.717) is 0 Å². The Morgan fingerprint density at radius 1 is 0.842 bits per heavy atom. The van der Waals surface area contributed by atoms with E-state index in [0.717, 1.165) is 22.3 Å². The Labute approximate surface area is 110 Å². The van der Waals surface area contributed by atoms with Crippen LogP contribution < -0.4 is 0 Å². The van der Waals surface area contributed by atoms with Crippen molar-refractivity contribution in [1.82, 2.24) is 9.97 Å². The normalized spacial score (nSPS) is 11.2. The van der Waals surface area contributed by atoms with Crippen molar-refractivity contribution in [3.8, 4) is 0 Å². The van der Waals surface area contributed by atoms with Crippen LogP contribution in [0.1, 0.15) is 11.3 Å². The number of hydrogen-bond donors (Lipinski definition) is 0. The highest BCUT2D eigenvalue weighted by Crippen LogP contribution is 2.11. The summed E-state index contributed by atoms with van der Waals surface area (Å²) >= 11 is 0. The van der Waals surface area contributed by atoms with Crippen molar-refractivity contribution in [1.29, 1.82) is 0 Å². The van der Waals surface area contributed by atoms with Crippen molar-refractivity contribution in [2.45, 2.75) is 0 Å². The summed E-state index contributed by atoms with van der Waals surface area (Å²) in [4.78, 5) is 8.82. The molecule has 3 aromatic rings. The molecule has 0 saturated carbocycles. The second kappa shape index (κ2) is 4.98. The lowest BCUT2D eigenvalue weighted by Crippen LogP contribution is -1.86. The molecule has 0 aliphatic heterocycles. The number of benzene rings is 2.